The third kappa shape index (κ3) is 3.58. The van der Waals surface area contributed by atoms with E-state index in [2.05, 4.69) is 22.3 Å². The first-order valence-electron chi connectivity index (χ1n) is 10.0. The number of hydrogen-bond acceptors (Lipinski definition) is 4. The fraction of sp³-hybridized carbons (Fsp3) is 0.304. The number of carbonyl (C=O) groups is 1. The van der Waals surface area contributed by atoms with Gasteiger partial charge in [0.25, 0.3) is 0 Å². The Morgan fingerprint density at radius 2 is 2.00 bits per heavy atom. The number of benzene rings is 2. The zero-order valence-corrected chi connectivity index (χ0v) is 16.1. The van der Waals surface area contributed by atoms with Gasteiger partial charge in [0, 0.05) is 30.3 Å². The van der Waals surface area contributed by atoms with Crippen LogP contribution in [0, 0.1) is 0 Å². The number of likely N-dealkylation sites (tertiary alicyclic amines) is 1. The standard InChI is InChI=1S/C23H23N3O3/c27-22(12-16-8-9-20-21(11-16)29-15-28-20)26-10-4-7-18(14-26)23-19(13-24-25-23)17-5-2-1-3-6-17/h1-3,5-6,8-9,11,13,18H,4,7,10,12,14-15H2,(H,24,25)/t18-/m0/s1. The molecule has 29 heavy (non-hydrogen) atoms. The fourth-order valence-electron chi connectivity index (χ4n) is 4.23. The highest BCUT2D eigenvalue weighted by atomic mass is 16.7. The minimum Gasteiger partial charge on any atom is -0.454 e. The summed E-state index contributed by atoms with van der Waals surface area (Å²) in [6.07, 6.45) is 4.30. The number of carbonyl (C=O) groups excluding carboxylic acids is 1. The van der Waals surface area contributed by atoms with Crippen molar-refractivity contribution in [1.82, 2.24) is 15.1 Å². The summed E-state index contributed by atoms with van der Waals surface area (Å²) in [4.78, 5) is 14.9. The number of ether oxygens (including phenoxy) is 2. The molecule has 0 saturated carbocycles. The van der Waals surface area contributed by atoms with Crippen molar-refractivity contribution in [2.45, 2.75) is 25.2 Å². The second-order valence-electron chi connectivity index (χ2n) is 7.61. The van der Waals surface area contributed by atoms with Gasteiger partial charge in [-0.3, -0.25) is 9.89 Å². The SMILES string of the molecule is O=C(Cc1ccc2c(c1)OCO2)N1CCC[C@H](c2[nH]ncc2-c2ccccc2)C1. The van der Waals surface area contributed by atoms with E-state index >= 15 is 0 Å². The van der Waals surface area contributed by atoms with E-state index in [-0.39, 0.29) is 18.6 Å². The van der Waals surface area contributed by atoms with Crippen molar-refractivity contribution in [2.75, 3.05) is 19.9 Å². The van der Waals surface area contributed by atoms with Gasteiger partial charge in [-0.15, -0.1) is 0 Å². The molecule has 2 aliphatic rings. The molecule has 2 aliphatic heterocycles. The maximum absolute atomic E-state index is 13.0. The summed E-state index contributed by atoms with van der Waals surface area (Å²) in [5.74, 6) is 1.88. The minimum atomic E-state index is 0.148. The maximum Gasteiger partial charge on any atom is 0.231 e. The molecule has 1 amide bonds. The normalized spacial score (nSPS) is 18.1. The first-order chi connectivity index (χ1) is 14.3. The molecular weight excluding hydrogens is 366 g/mol. The number of rotatable bonds is 4. The Kier molecular flexibility index (Phi) is 4.68. The number of nitrogens with one attached hydrogen (secondary N) is 1. The minimum absolute atomic E-state index is 0.148. The van der Waals surface area contributed by atoms with E-state index < -0.39 is 0 Å². The van der Waals surface area contributed by atoms with Crippen LogP contribution in [0.4, 0.5) is 0 Å². The largest absolute Gasteiger partial charge is 0.454 e. The second-order valence-corrected chi connectivity index (χ2v) is 7.61. The van der Waals surface area contributed by atoms with Gasteiger partial charge in [-0.25, -0.2) is 0 Å². The van der Waals surface area contributed by atoms with Gasteiger partial charge in [0.2, 0.25) is 12.7 Å². The van der Waals surface area contributed by atoms with E-state index in [1.807, 2.05) is 47.5 Å². The number of hydrogen-bond donors (Lipinski definition) is 1. The Hall–Kier alpha value is -3.28. The van der Waals surface area contributed by atoms with E-state index in [1.54, 1.807) is 0 Å². The van der Waals surface area contributed by atoms with Gasteiger partial charge in [0.05, 0.1) is 12.6 Å². The molecule has 5 rings (SSSR count). The van der Waals surface area contributed by atoms with Crippen LogP contribution in [-0.4, -0.2) is 40.9 Å². The number of aromatic nitrogens is 2. The number of aromatic amines is 1. The molecule has 0 radical (unpaired) electrons. The van der Waals surface area contributed by atoms with Crippen molar-refractivity contribution in [2.24, 2.45) is 0 Å². The summed E-state index contributed by atoms with van der Waals surface area (Å²) in [5.41, 5.74) is 4.35. The summed E-state index contributed by atoms with van der Waals surface area (Å²) >= 11 is 0. The molecular formula is C23H23N3O3. The van der Waals surface area contributed by atoms with E-state index in [9.17, 15) is 4.79 Å². The Balaban J connectivity index is 1.30. The van der Waals surface area contributed by atoms with Gasteiger partial charge in [0.1, 0.15) is 0 Å². The Bertz CT molecular complexity index is 1020. The average molecular weight is 389 g/mol. The average Bonchev–Trinajstić information content (AvgIpc) is 3.44. The van der Waals surface area contributed by atoms with Crippen LogP contribution in [0.1, 0.15) is 30.0 Å². The predicted octanol–water partition coefficient (Wildman–Crippen LogP) is 3.75. The predicted molar refractivity (Wildman–Crippen MR) is 109 cm³/mol. The van der Waals surface area contributed by atoms with Crippen molar-refractivity contribution in [3.8, 4) is 22.6 Å². The van der Waals surface area contributed by atoms with Crippen LogP contribution in [0.15, 0.2) is 54.7 Å². The number of H-pyrrole nitrogens is 1. The van der Waals surface area contributed by atoms with Gasteiger partial charge in [0.15, 0.2) is 11.5 Å². The van der Waals surface area contributed by atoms with Crippen molar-refractivity contribution < 1.29 is 14.3 Å². The molecule has 148 valence electrons. The lowest BCUT2D eigenvalue weighted by atomic mass is 9.90. The molecule has 3 heterocycles. The lowest BCUT2D eigenvalue weighted by molar-refractivity contribution is -0.131. The van der Waals surface area contributed by atoms with Crippen LogP contribution in [0.2, 0.25) is 0 Å². The summed E-state index contributed by atoms with van der Waals surface area (Å²) in [6, 6.07) is 16.0. The lowest BCUT2D eigenvalue weighted by Gasteiger charge is -2.33. The molecule has 3 aromatic rings. The van der Waals surface area contributed by atoms with Gasteiger partial charge in [-0.1, -0.05) is 36.4 Å². The monoisotopic (exact) mass is 389 g/mol. The highest BCUT2D eigenvalue weighted by molar-refractivity contribution is 5.79. The van der Waals surface area contributed by atoms with E-state index in [1.165, 1.54) is 0 Å². The van der Waals surface area contributed by atoms with Crippen molar-refractivity contribution in [3.63, 3.8) is 0 Å². The number of amides is 1. The molecule has 0 unspecified atom stereocenters. The summed E-state index contributed by atoms with van der Waals surface area (Å²) in [6.45, 7) is 1.76. The van der Waals surface area contributed by atoms with Crippen LogP contribution in [0.5, 0.6) is 11.5 Å². The third-order valence-electron chi connectivity index (χ3n) is 5.73. The van der Waals surface area contributed by atoms with Crippen LogP contribution < -0.4 is 9.47 Å². The van der Waals surface area contributed by atoms with Crippen LogP contribution >= 0.6 is 0 Å². The molecule has 0 spiro atoms. The summed E-state index contributed by atoms with van der Waals surface area (Å²) < 4.78 is 10.8. The van der Waals surface area contributed by atoms with E-state index in [0.29, 0.717) is 13.0 Å². The van der Waals surface area contributed by atoms with E-state index in [4.69, 9.17) is 9.47 Å². The second kappa shape index (κ2) is 7.62. The molecule has 1 saturated heterocycles. The fourth-order valence-corrected chi connectivity index (χ4v) is 4.23. The van der Waals surface area contributed by atoms with Crippen LogP contribution in [-0.2, 0) is 11.2 Å². The van der Waals surface area contributed by atoms with Gasteiger partial charge in [-0.05, 0) is 36.1 Å². The number of nitrogens with zero attached hydrogens (tertiary/aromatic N) is 2. The van der Waals surface area contributed by atoms with E-state index in [0.717, 1.165) is 53.3 Å². The van der Waals surface area contributed by atoms with Crippen LogP contribution in [0.25, 0.3) is 11.1 Å². The van der Waals surface area contributed by atoms with Crippen molar-refractivity contribution in [3.05, 3.63) is 66.0 Å². The number of fused-ring (bicyclic) bond motifs is 1. The molecule has 1 atom stereocenters. The van der Waals surface area contributed by atoms with Gasteiger partial charge >= 0.3 is 0 Å². The molecule has 0 aliphatic carbocycles. The van der Waals surface area contributed by atoms with Crippen LogP contribution in [0.3, 0.4) is 0 Å². The van der Waals surface area contributed by atoms with Crippen molar-refractivity contribution >= 4 is 5.91 Å². The Labute approximate surface area is 169 Å². The zero-order valence-electron chi connectivity index (χ0n) is 16.1. The molecule has 2 aromatic carbocycles. The maximum atomic E-state index is 13.0. The Morgan fingerprint density at radius 3 is 2.90 bits per heavy atom. The zero-order chi connectivity index (χ0) is 19.6. The van der Waals surface area contributed by atoms with Gasteiger partial charge in [-0.2, -0.15) is 5.10 Å². The van der Waals surface area contributed by atoms with Gasteiger partial charge < -0.3 is 14.4 Å². The highest BCUT2D eigenvalue weighted by Crippen LogP contribution is 2.34. The summed E-state index contributed by atoms with van der Waals surface area (Å²) in [7, 11) is 0. The smallest absolute Gasteiger partial charge is 0.231 e. The molecule has 1 aromatic heterocycles. The highest BCUT2D eigenvalue weighted by Gasteiger charge is 2.28. The molecule has 6 heteroatoms. The number of piperidine rings is 1. The first kappa shape index (κ1) is 17.8. The molecule has 1 fully saturated rings. The molecule has 1 N–H and O–H groups in total. The molecule has 0 bridgehead atoms. The lowest BCUT2D eigenvalue weighted by Crippen LogP contribution is -2.40. The topological polar surface area (TPSA) is 67.5 Å². The summed E-state index contributed by atoms with van der Waals surface area (Å²) in [5, 5.41) is 7.48. The molecule has 6 nitrogen and oxygen atoms in total. The quantitative estimate of drug-likeness (QED) is 0.738. The first-order valence-corrected chi connectivity index (χ1v) is 10.0. The van der Waals surface area contributed by atoms with Crippen molar-refractivity contribution in [1.29, 1.82) is 0 Å². The third-order valence-corrected chi connectivity index (χ3v) is 5.73. The Morgan fingerprint density at radius 1 is 1.14 bits per heavy atom.